The lowest BCUT2D eigenvalue weighted by Gasteiger charge is -2.17. The van der Waals surface area contributed by atoms with Gasteiger partial charge in [0.2, 0.25) is 0 Å². The van der Waals surface area contributed by atoms with Crippen molar-refractivity contribution in [2.24, 2.45) is 5.73 Å². The predicted molar refractivity (Wildman–Crippen MR) is 77.8 cm³/mol. The van der Waals surface area contributed by atoms with Crippen molar-refractivity contribution < 1.29 is 13.7 Å². The molecule has 3 rings (SSSR count). The smallest absolute Gasteiger partial charge is 0.258 e. The molecule has 114 valence electrons. The SMILES string of the molecule is COc1ccc(-c2nc(C3(N)CCCC3)no2)cc1F.Cl. The summed E-state index contributed by atoms with van der Waals surface area (Å²) in [4.78, 5) is 4.32. The molecule has 5 nitrogen and oxygen atoms in total. The number of methoxy groups -OCH3 is 1. The van der Waals surface area contributed by atoms with Crippen molar-refractivity contribution in [3.05, 3.63) is 29.8 Å². The largest absolute Gasteiger partial charge is 0.494 e. The van der Waals surface area contributed by atoms with E-state index in [4.69, 9.17) is 15.0 Å². The van der Waals surface area contributed by atoms with Gasteiger partial charge < -0.3 is 15.0 Å². The Morgan fingerprint density at radius 3 is 2.67 bits per heavy atom. The average Bonchev–Trinajstić information content (AvgIpc) is 3.08. The quantitative estimate of drug-likeness (QED) is 0.942. The molecule has 2 aromatic rings. The highest BCUT2D eigenvalue weighted by atomic mass is 35.5. The highest BCUT2D eigenvalue weighted by molar-refractivity contribution is 5.85. The zero-order chi connectivity index (χ0) is 14.2. The van der Waals surface area contributed by atoms with E-state index in [-0.39, 0.29) is 24.0 Å². The summed E-state index contributed by atoms with van der Waals surface area (Å²) in [5.41, 5.74) is 6.28. The Hall–Kier alpha value is -1.66. The van der Waals surface area contributed by atoms with Gasteiger partial charge in [0.1, 0.15) is 0 Å². The van der Waals surface area contributed by atoms with Crippen LogP contribution in [-0.4, -0.2) is 17.3 Å². The van der Waals surface area contributed by atoms with Gasteiger partial charge >= 0.3 is 0 Å². The molecule has 1 saturated carbocycles. The average molecular weight is 314 g/mol. The van der Waals surface area contributed by atoms with Gasteiger partial charge in [0.25, 0.3) is 5.89 Å². The summed E-state index contributed by atoms with van der Waals surface area (Å²) < 4.78 is 23.8. The topological polar surface area (TPSA) is 74.2 Å². The predicted octanol–water partition coefficient (Wildman–Crippen LogP) is 3.03. The first-order valence-corrected chi connectivity index (χ1v) is 6.59. The van der Waals surface area contributed by atoms with Gasteiger partial charge in [-0.3, -0.25) is 0 Å². The van der Waals surface area contributed by atoms with Crippen molar-refractivity contribution in [3.63, 3.8) is 0 Å². The lowest BCUT2D eigenvalue weighted by atomic mass is 9.99. The highest BCUT2D eigenvalue weighted by Crippen LogP contribution is 2.35. The molecule has 0 spiro atoms. The molecule has 7 heteroatoms. The molecule has 0 saturated heterocycles. The third kappa shape index (κ3) is 2.87. The Kier molecular flexibility index (Phi) is 4.49. The van der Waals surface area contributed by atoms with Crippen molar-refractivity contribution >= 4 is 12.4 Å². The van der Waals surface area contributed by atoms with Crippen molar-refractivity contribution in [2.75, 3.05) is 7.11 Å². The number of nitrogens with zero attached hydrogens (tertiary/aromatic N) is 2. The van der Waals surface area contributed by atoms with Crippen LogP contribution in [0.1, 0.15) is 31.5 Å². The third-order valence-electron chi connectivity index (χ3n) is 3.77. The molecule has 1 aromatic heterocycles. The summed E-state index contributed by atoms with van der Waals surface area (Å²) >= 11 is 0. The van der Waals surface area contributed by atoms with Crippen LogP contribution in [-0.2, 0) is 5.54 Å². The maximum Gasteiger partial charge on any atom is 0.258 e. The zero-order valence-electron chi connectivity index (χ0n) is 11.6. The van der Waals surface area contributed by atoms with Gasteiger partial charge in [0, 0.05) is 5.56 Å². The van der Waals surface area contributed by atoms with Crippen LogP contribution in [0.15, 0.2) is 22.7 Å². The van der Waals surface area contributed by atoms with E-state index in [9.17, 15) is 4.39 Å². The van der Waals surface area contributed by atoms with Crippen LogP contribution < -0.4 is 10.5 Å². The van der Waals surface area contributed by atoms with Crippen LogP contribution in [0.3, 0.4) is 0 Å². The fraction of sp³-hybridized carbons (Fsp3) is 0.429. The molecule has 21 heavy (non-hydrogen) atoms. The van der Waals surface area contributed by atoms with Crippen molar-refractivity contribution in [3.8, 4) is 17.2 Å². The van der Waals surface area contributed by atoms with Gasteiger partial charge in [-0.05, 0) is 31.0 Å². The molecule has 0 atom stereocenters. The number of aromatic nitrogens is 2. The van der Waals surface area contributed by atoms with E-state index in [1.165, 1.54) is 19.2 Å². The Bertz CT molecular complexity index is 626. The fourth-order valence-corrected chi connectivity index (χ4v) is 2.57. The molecule has 0 unspecified atom stereocenters. The van der Waals surface area contributed by atoms with Gasteiger partial charge in [-0.15, -0.1) is 12.4 Å². The van der Waals surface area contributed by atoms with Crippen LogP contribution in [0.25, 0.3) is 11.5 Å². The van der Waals surface area contributed by atoms with Crippen molar-refractivity contribution in [1.82, 2.24) is 10.1 Å². The number of ether oxygens (including phenoxy) is 1. The molecule has 1 aromatic carbocycles. The number of hydrogen-bond donors (Lipinski definition) is 1. The Morgan fingerprint density at radius 1 is 1.33 bits per heavy atom. The van der Waals surface area contributed by atoms with E-state index < -0.39 is 11.4 Å². The van der Waals surface area contributed by atoms with Gasteiger partial charge in [-0.2, -0.15) is 4.98 Å². The van der Waals surface area contributed by atoms with E-state index in [2.05, 4.69) is 10.1 Å². The molecule has 1 aliphatic rings. The Balaban J connectivity index is 0.00000161. The van der Waals surface area contributed by atoms with E-state index in [0.717, 1.165) is 25.7 Å². The first-order valence-electron chi connectivity index (χ1n) is 6.59. The molecular formula is C14H17ClFN3O2. The van der Waals surface area contributed by atoms with Crippen LogP contribution in [0.2, 0.25) is 0 Å². The standard InChI is InChI=1S/C14H16FN3O2.ClH/c1-19-11-5-4-9(8-10(11)15)12-17-13(18-20-12)14(16)6-2-3-7-14;/h4-5,8H,2-3,6-7,16H2,1H3;1H. The minimum Gasteiger partial charge on any atom is -0.494 e. The molecular weight excluding hydrogens is 297 g/mol. The molecule has 1 fully saturated rings. The van der Waals surface area contributed by atoms with Gasteiger partial charge in [-0.1, -0.05) is 18.0 Å². The number of rotatable bonds is 3. The summed E-state index contributed by atoms with van der Waals surface area (Å²) in [6.07, 6.45) is 3.83. The van der Waals surface area contributed by atoms with Crippen LogP contribution in [0.4, 0.5) is 4.39 Å². The summed E-state index contributed by atoms with van der Waals surface area (Å²) in [5.74, 6) is 0.493. The lowest BCUT2D eigenvalue weighted by molar-refractivity contribution is 0.372. The Labute approximate surface area is 128 Å². The maximum atomic E-state index is 13.7. The molecule has 1 aliphatic carbocycles. The Morgan fingerprint density at radius 2 is 2.05 bits per heavy atom. The van der Waals surface area contributed by atoms with Gasteiger partial charge in [0.05, 0.1) is 12.6 Å². The zero-order valence-corrected chi connectivity index (χ0v) is 12.5. The molecule has 2 N–H and O–H groups in total. The van der Waals surface area contributed by atoms with E-state index >= 15 is 0 Å². The molecule has 1 heterocycles. The summed E-state index contributed by atoms with van der Waals surface area (Å²) in [6.45, 7) is 0. The molecule has 0 amide bonds. The second-order valence-corrected chi connectivity index (χ2v) is 5.14. The minimum absolute atomic E-state index is 0. The number of nitrogens with two attached hydrogens (primary N) is 1. The molecule has 0 aliphatic heterocycles. The van der Waals surface area contributed by atoms with Gasteiger partial charge in [-0.25, -0.2) is 4.39 Å². The first kappa shape index (κ1) is 15.7. The van der Waals surface area contributed by atoms with Crippen LogP contribution in [0.5, 0.6) is 5.75 Å². The van der Waals surface area contributed by atoms with E-state index in [1.807, 2.05) is 0 Å². The maximum absolute atomic E-state index is 13.7. The number of hydrogen-bond acceptors (Lipinski definition) is 5. The highest BCUT2D eigenvalue weighted by Gasteiger charge is 2.36. The lowest BCUT2D eigenvalue weighted by Crippen LogP contribution is -2.34. The van der Waals surface area contributed by atoms with E-state index in [1.54, 1.807) is 6.07 Å². The second-order valence-electron chi connectivity index (χ2n) is 5.14. The van der Waals surface area contributed by atoms with Gasteiger partial charge in [0.15, 0.2) is 17.4 Å². The van der Waals surface area contributed by atoms with E-state index in [0.29, 0.717) is 11.4 Å². The first-order chi connectivity index (χ1) is 9.62. The number of halogens is 2. The molecule has 0 bridgehead atoms. The molecule has 0 radical (unpaired) electrons. The summed E-state index contributed by atoms with van der Waals surface area (Å²) in [7, 11) is 1.42. The van der Waals surface area contributed by atoms with Crippen molar-refractivity contribution in [2.45, 2.75) is 31.2 Å². The summed E-state index contributed by atoms with van der Waals surface area (Å²) in [6, 6.07) is 4.52. The van der Waals surface area contributed by atoms with Crippen LogP contribution in [0, 0.1) is 5.82 Å². The third-order valence-corrected chi connectivity index (χ3v) is 3.77. The summed E-state index contributed by atoms with van der Waals surface area (Å²) in [5, 5.41) is 3.95. The van der Waals surface area contributed by atoms with Crippen LogP contribution >= 0.6 is 12.4 Å². The van der Waals surface area contributed by atoms with Crippen molar-refractivity contribution in [1.29, 1.82) is 0 Å². The fourth-order valence-electron chi connectivity index (χ4n) is 2.57. The second kappa shape index (κ2) is 5.99. The monoisotopic (exact) mass is 313 g/mol. The normalized spacial score (nSPS) is 16.5. The minimum atomic E-state index is -0.507. The number of benzene rings is 1.